The van der Waals surface area contributed by atoms with E-state index in [2.05, 4.69) is 19.9 Å². The van der Waals surface area contributed by atoms with Gasteiger partial charge in [0.05, 0.1) is 6.07 Å². The summed E-state index contributed by atoms with van der Waals surface area (Å²) in [6.45, 7) is 4.26. The molecule has 1 heterocycles. The van der Waals surface area contributed by atoms with Gasteiger partial charge in [0.25, 0.3) is 0 Å². The minimum atomic E-state index is -0.109. The van der Waals surface area contributed by atoms with Crippen molar-refractivity contribution in [3.8, 4) is 6.07 Å². The van der Waals surface area contributed by atoms with Crippen LogP contribution < -0.4 is 0 Å². The van der Waals surface area contributed by atoms with Crippen LogP contribution in [0.2, 0.25) is 0 Å². The third kappa shape index (κ3) is 1.54. The number of hydrogen-bond donors (Lipinski definition) is 0. The molecule has 11 heavy (non-hydrogen) atoms. The molecule has 1 rings (SSSR count). The molecule has 0 radical (unpaired) electrons. The second-order valence-corrected chi connectivity index (χ2v) is 3.19. The highest BCUT2D eigenvalue weighted by molar-refractivity contribution is 5.13. The molecule has 1 fully saturated rings. The van der Waals surface area contributed by atoms with Gasteiger partial charge in [-0.2, -0.15) is 5.26 Å². The van der Waals surface area contributed by atoms with E-state index in [4.69, 9.17) is 10.00 Å². The molecular formula is C9H15NO. The molecule has 1 saturated heterocycles. The van der Waals surface area contributed by atoms with Crippen molar-refractivity contribution in [3.05, 3.63) is 0 Å². The van der Waals surface area contributed by atoms with Crippen LogP contribution in [0.4, 0.5) is 0 Å². The number of rotatable bonds is 4. The third-order valence-corrected chi connectivity index (χ3v) is 2.24. The number of nitriles is 1. The Balaban J connectivity index is 2.43. The highest BCUT2D eigenvalue weighted by Gasteiger charge is 2.55. The standard InChI is InChI=1S/C9H15NO/c1-3-5-9(6-4-2)8(7-10)11-9/h8H,3-6H2,1-2H3. The Labute approximate surface area is 68.2 Å². The zero-order valence-electron chi connectivity index (χ0n) is 7.26. The molecule has 0 N–H and O–H groups in total. The quantitative estimate of drug-likeness (QED) is 0.581. The SMILES string of the molecule is CCCC1(CCC)OC1C#N. The monoisotopic (exact) mass is 153 g/mol. The van der Waals surface area contributed by atoms with Gasteiger partial charge in [0.15, 0.2) is 6.10 Å². The zero-order chi connectivity index (χ0) is 8.32. The third-order valence-electron chi connectivity index (χ3n) is 2.24. The number of epoxide rings is 1. The predicted molar refractivity (Wildman–Crippen MR) is 43.0 cm³/mol. The van der Waals surface area contributed by atoms with E-state index in [1.54, 1.807) is 0 Å². The van der Waals surface area contributed by atoms with Crippen molar-refractivity contribution >= 4 is 0 Å². The number of ether oxygens (including phenoxy) is 1. The van der Waals surface area contributed by atoms with E-state index >= 15 is 0 Å². The minimum absolute atomic E-state index is 0.0434. The molecule has 0 bridgehead atoms. The summed E-state index contributed by atoms with van der Waals surface area (Å²) < 4.78 is 5.37. The summed E-state index contributed by atoms with van der Waals surface area (Å²) in [6, 6.07) is 2.18. The topological polar surface area (TPSA) is 36.3 Å². The van der Waals surface area contributed by atoms with E-state index in [1.807, 2.05) is 0 Å². The molecule has 0 spiro atoms. The van der Waals surface area contributed by atoms with Crippen LogP contribution in [-0.4, -0.2) is 11.7 Å². The lowest BCUT2D eigenvalue weighted by Crippen LogP contribution is -2.13. The summed E-state index contributed by atoms with van der Waals surface area (Å²) in [4.78, 5) is 0. The van der Waals surface area contributed by atoms with Crippen LogP contribution in [0.25, 0.3) is 0 Å². The number of nitrogens with zero attached hydrogens (tertiary/aromatic N) is 1. The fourth-order valence-electron chi connectivity index (χ4n) is 1.70. The van der Waals surface area contributed by atoms with Crippen molar-refractivity contribution in [3.63, 3.8) is 0 Å². The fourth-order valence-corrected chi connectivity index (χ4v) is 1.70. The van der Waals surface area contributed by atoms with Gasteiger partial charge >= 0.3 is 0 Å². The van der Waals surface area contributed by atoms with Crippen molar-refractivity contribution in [2.75, 3.05) is 0 Å². The Morgan fingerprint density at radius 3 is 2.18 bits per heavy atom. The molecule has 0 aromatic carbocycles. The Morgan fingerprint density at radius 2 is 1.91 bits per heavy atom. The second-order valence-electron chi connectivity index (χ2n) is 3.19. The first-order valence-electron chi connectivity index (χ1n) is 4.36. The van der Waals surface area contributed by atoms with Crippen LogP contribution in [0.3, 0.4) is 0 Å². The van der Waals surface area contributed by atoms with Gasteiger partial charge in [-0.05, 0) is 12.8 Å². The first-order chi connectivity index (χ1) is 5.29. The van der Waals surface area contributed by atoms with Crippen LogP contribution in [0.5, 0.6) is 0 Å². The van der Waals surface area contributed by atoms with E-state index < -0.39 is 0 Å². The molecule has 1 aliphatic heterocycles. The Kier molecular flexibility index (Phi) is 2.51. The molecule has 1 atom stereocenters. The maximum atomic E-state index is 8.62. The van der Waals surface area contributed by atoms with Gasteiger partial charge in [0.2, 0.25) is 0 Å². The lowest BCUT2D eigenvalue weighted by molar-refractivity contribution is 0.267. The molecular weight excluding hydrogens is 138 g/mol. The van der Waals surface area contributed by atoms with Gasteiger partial charge in [-0.1, -0.05) is 26.7 Å². The highest BCUT2D eigenvalue weighted by atomic mass is 16.6. The maximum absolute atomic E-state index is 8.62. The van der Waals surface area contributed by atoms with Gasteiger partial charge in [-0.3, -0.25) is 0 Å². The first-order valence-corrected chi connectivity index (χ1v) is 4.36. The van der Waals surface area contributed by atoms with Crippen molar-refractivity contribution in [1.82, 2.24) is 0 Å². The van der Waals surface area contributed by atoms with Crippen LogP contribution >= 0.6 is 0 Å². The van der Waals surface area contributed by atoms with Crippen LogP contribution in [0.15, 0.2) is 0 Å². The van der Waals surface area contributed by atoms with Crippen molar-refractivity contribution in [2.45, 2.75) is 51.2 Å². The molecule has 1 unspecified atom stereocenters. The Hall–Kier alpha value is -0.550. The summed E-state index contributed by atoms with van der Waals surface area (Å²) in [6.07, 6.45) is 4.19. The lowest BCUT2D eigenvalue weighted by atomic mass is 9.95. The molecule has 0 aromatic heterocycles. The first kappa shape index (κ1) is 8.55. The van der Waals surface area contributed by atoms with E-state index in [0.29, 0.717) is 0 Å². The average molecular weight is 153 g/mol. The van der Waals surface area contributed by atoms with Crippen LogP contribution in [-0.2, 0) is 4.74 Å². The van der Waals surface area contributed by atoms with Gasteiger partial charge in [0, 0.05) is 0 Å². The Morgan fingerprint density at radius 1 is 1.36 bits per heavy atom. The van der Waals surface area contributed by atoms with Gasteiger partial charge in [-0.15, -0.1) is 0 Å². The van der Waals surface area contributed by atoms with Crippen LogP contribution in [0, 0.1) is 11.3 Å². The molecule has 0 aromatic rings. The molecule has 62 valence electrons. The molecule has 1 aliphatic rings. The summed E-state index contributed by atoms with van der Waals surface area (Å²) >= 11 is 0. The molecule has 0 aliphatic carbocycles. The van der Waals surface area contributed by atoms with Crippen LogP contribution in [0.1, 0.15) is 39.5 Å². The van der Waals surface area contributed by atoms with Crippen molar-refractivity contribution in [1.29, 1.82) is 5.26 Å². The smallest absolute Gasteiger partial charge is 0.173 e. The van der Waals surface area contributed by atoms with E-state index in [-0.39, 0.29) is 11.7 Å². The summed E-state index contributed by atoms with van der Waals surface area (Å²) in [7, 11) is 0. The summed E-state index contributed by atoms with van der Waals surface area (Å²) in [5, 5.41) is 8.62. The van der Waals surface area contributed by atoms with Gasteiger partial charge in [0.1, 0.15) is 5.60 Å². The molecule has 0 saturated carbocycles. The second kappa shape index (κ2) is 3.23. The largest absolute Gasteiger partial charge is 0.350 e. The van der Waals surface area contributed by atoms with Crippen molar-refractivity contribution < 1.29 is 4.74 Å². The minimum Gasteiger partial charge on any atom is -0.350 e. The van der Waals surface area contributed by atoms with Crippen molar-refractivity contribution in [2.24, 2.45) is 0 Å². The zero-order valence-corrected chi connectivity index (χ0v) is 7.26. The van der Waals surface area contributed by atoms with Gasteiger partial charge < -0.3 is 4.74 Å². The molecule has 2 nitrogen and oxygen atoms in total. The summed E-state index contributed by atoms with van der Waals surface area (Å²) in [5.41, 5.74) is -0.0434. The Bertz CT molecular complexity index is 165. The van der Waals surface area contributed by atoms with E-state index in [9.17, 15) is 0 Å². The molecule has 0 amide bonds. The molecule has 2 heteroatoms. The maximum Gasteiger partial charge on any atom is 0.173 e. The normalized spacial score (nSPS) is 26.1. The predicted octanol–water partition coefficient (Wildman–Crippen LogP) is 2.25. The summed E-state index contributed by atoms with van der Waals surface area (Å²) in [5.74, 6) is 0. The lowest BCUT2D eigenvalue weighted by Gasteiger charge is -2.07. The highest BCUT2D eigenvalue weighted by Crippen LogP contribution is 2.43. The fraction of sp³-hybridized carbons (Fsp3) is 0.889. The number of hydrogen-bond acceptors (Lipinski definition) is 2. The average Bonchev–Trinajstić information content (AvgIpc) is 2.65. The van der Waals surface area contributed by atoms with E-state index in [1.165, 1.54) is 0 Å². The van der Waals surface area contributed by atoms with Gasteiger partial charge in [-0.25, -0.2) is 0 Å². The van der Waals surface area contributed by atoms with E-state index in [0.717, 1.165) is 25.7 Å².